The van der Waals surface area contributed by atoms with Gasteiger partial charge in [0.1, 0.15) is 17.4 Å². The molecule has 4 aromatic rings. The van der Waals surface area contributed by atoms with E-state index in [1.807, 2.05) is 45.0 Å². The molecule has 3 heteroatoms. The van der Waals surface area contributed by atoms with Gasteiger partial charge in [0.05, 0.1) is 0 Å². The van der Waals surface area contributed by atoms with E-state index in [0.29, 0.717) is 27.8 Å². The summed E-state index contributed by atoms with van der Waals surface area (Å²) in [6, 6.07) is 23.8. The van der Waals surface area contributed by atoms with Gasteiger partial charge >= 0.3 is 0 Å². The fourth-order valence-electron chi connectivity index (χ4n) is 3.23. The van der Waals surface area contributed by atoms with Crippen molar-refractivity contribution in [1.29, 1.82) is 0 Å². The van der Waals surface area contributed by atoms with Crippen LogP contribution in [-0.4, -0.2) is 5.11 Å². The SMILES string of the molecule is CC.Cc1ccc(-c2ccc(-c3ccc(-c4ccc(O)cc4)c(F)c3)cc2F)cc1. The third-order valence-corrected chi connectivity index (χ3v) is 4.81. The van der Waals surface area contributed by atoms with Crippen LogP contribution in [0.15, 0.2) is 84.9 Å². The minimum Gasteiger partial charge on any atom is -0.508 e. The van der Waals surface area contributed by atoms with Crippen molar-refractivity contribution >= 4 is 0 Å². The molecular formula is C27H24F2O. The second kappa shape index (κ2) is 9.36. The highest BCUT2D eigenvalue weighted by Gasteiger charge is 2.11. The number of phenolic OH excluding ortho intramolecular Hbond substituents is 1. The minimum absolute atomic E-state index is 0.130. The first-order valence-electron chi connectivity index (χ1n) is 9.97. The molecule has 0 aliphatic heterocycles. The average Bonchev–Trinajstić information content (AvgIpc) is 2.76. The van der Waals surface area contributed by atoms with Gasteiger partial charge in [-0.3, -0.25) is 0 Å². The van der Waals surface area contributed by atoms with Crippen molar-refractivity contribution in [3.8, 4) is 39.1 Å². The van der Waals surface area contributed by atoms with Crippen LogP contribution in [0.3, 0.4) is 0 Å². The van der Waals surface area contributed by atoms with Gasteiger partial charge in [-0.2, -0.15) is 0 Å². The van der Waals surface area contributed by atoms with Gasteiger partial charge in [-0.25, -0.2) is 8.78 Å². The van der Waals surface area contributed by atoms with Gasteiger partial charge in [0.15, 0.2) is 0 Å². The van der Waals surface area contributed by atoms with E-state index in [1.165, 1.54) is 24.3 Å². The Labute approximate surface area is 176 Å². The molecule has 0 aliphatic carbocycles. The first-order valence-corrected chi connectivity index (χ1v) is 9.97. The van der Waals surface area contributed by atoms with Crippen LogP contribution in [0.5, 0.6) is 5.75 Å². The normalized spacial score (nSPS) is 10.3. The Kier molecular flexibility index (Phi) is 6.63. The molecule has 0 saturated heterocycles. The molecule has 0 unspecified atom stereocenters. The molecule has 0 amide bonds. The minimum atomic E-state index is -0.397. The predicted octanol–water partition coefficient (Wildman–Crippen LogP) is 8.01. The molecule has 0 spiro atoms. The lowest BCUT2D eigenvalue weighted by Crippen LogP contribution is -1.89. The van der Waals surface area contributed by atoms with Gasteiger partial charge in [-0.05, 0) is 53.4 Å². The highest BCUT2D eigenvalue weighted by atomic mass is 19.1. The van der Waals surface area contributed by atoms with Crippen molar-refractivity contribution in [2.24, 2.45) is 0 Å². The molecular weight excluding hydrogens is 378 g/mol. The van der Waals surface area contributed by atoms with Crippen LogP contribution in [-0.2, 0) is 0 Å². The Morgan fingerprint density at radius 2 is 0.900 bits per heavy atom. The van der Waals surface area contributed by atoms with Gasteiger partial charge < -0.3 is 5.11 Å². The number of hydrogen-bond acceptors (Lipinski definition) is 1. The van der Waals surface area contributed by atoms with E-state index in [0.717, 1.165) is 11.1 Å². The molecule has 0 aromatic heterocycles. The van der Waals surface area contributed by atoms with E-state index in [1.54, 1.807) is 36.4 Å². The highest BCUT2D eigenvalue weighted by molar-refractivity contribution is 5.74. The van der Waals surface area contributed by atoms with Crippen LogP contribution >= 0.6 is 0 Å². The topological polar surface area (TPSA) is 20.2 Å². The van der Waals surface area contributed by atoms with Crippen LogP contribution in [0.1, 0.15) is 19.4 Å². The van der Waals surface area contributed by atoms with Crippen LogP contribution in [0.4, 0.5) is 8.78 Å². The molecule has 0 saturated carbocycles. The van der Waals surface area contributed by atoms with Crippen LogP contribution in [0, 0.1) is 18.6 Å². The third kappa shape index (κ3) is 4.57. The second-order valence-corrected chi connectivity index (χ2v) is 6.80. The Morgan fingerprint density at radius 3 is 1.30 bits per heavy atom. The van der Waals surface area contributed by atoms with Crippen molar-refractivity contribution in [2.75, 3.05) is 0 Å². The van der Waals surface area contributed by atoms with Gasteiger partial charge in [-0.1, -0.05) is 80.1 Å². The summed E-state index contributed by atoms with van der Waals surface area (Å²) in [5.41, 5.74) is 4.76. The molecule has 0 heterocycles. The van der Waals surface area contributed by atoms with Crippen LogP contribution in [0.25, 0.3) is 33.4 Å². The zero-order valence-corrected chi connectivity index (χ0v) is 17.3. The Hall–Kier alpha value is -3.46. The standard InChI is InChI=1S/C25H18F2O.C2H6/c1-16-2-4-17(5-3-16)22-12-8-19(14-24(22)26)20-9-13-23(25(27)15-20)18-6-10-21(28)11-7-18;1-2/h2-15,28H,1H3;1-2H3. The number of hydrogen-bond donors (Lipinski definition) is 1. The molecule has 0 radical (unpaired) electrons. The average molecular weight is 402 g/mol. The van der Waals surface area contributed by atoms with E-state index < -0.39 is 5.82 Å². The maximum Gasteiger partial charge on any atom is 0.131 e. The molecule has 30 heavy (non-hydrogen) atoms. The lowest BCUT2D eigenvalue weighted by Gasteiger charge is -2.10. The number of phenols is 1. The maximum absolute atomic E-state index is 14.7. The first-order chi connectivity index (χ1) is 14.5. The molecule has 0 atom stereocenters. The lowest BCUT2D eigenvalue weighted by atomic mass is 9.97. The summed E-state index contributed by atoms with van der Waals surface area (Å²) < 4.78 is 29.3. The number of rotatable bonds is 3. The molecule has 0 fully saturated rings. The number of aromatic hydroxyl groups is 1. The molecule has 4 aromatic carbocycles. The zero-order valence-electron chi connectivity index (χ0n) is 17.3. The number of benzene rings is 4. The first kappa shape index (κ1) is 21.3. The quantitative estimate of drug-likeness (QED) is 0.368. The van der Waals surface area contributed by atoms with Gasteiger partial charge in [0.25, 0.3) is 0 Å². The molecule has 1 N–H and O–H groups in total. The van der Waals surface area contributed by atoms with Crippen LogP contribution in [0.2, 0.25) is 0 Å². The fourth-order valence-corrected chi connectivity index (χ4v) is 3.23. The molecule has 0 aliphatic rings. The van der Waals surface area contributed by atoms with Crippen molar-refractivity contribution in [3.05, 3.63) is 102 Å². The molecule has 152 valence electrons. The summed E-state index contributed by atoms with van der Waals surface area (Å²) in [6.07, 6.45) is 0. The van der Waals surface area contributed by atoms with Crippen molar-refractivity contribution < 1.29 is 13.9 Å². The second-order valence-electron chi connectivity index (χ2n) is 6.80. The molecule has 0 bridgehead atoms. The van der Waals surface area contributed by atoms with Crippen molar-refractivity contribution in [2.45, 2.75) is 20.8 Å². The van der Waals surface area contributed by atoms with E-state index in [-0.39, 0.29) is 11.6 Å². The van der Waals surface area contributed by atoms with E-state index in [2.05, 4.69) is 0 Å². The third-order valence-electron chi connectivity index (χ3n) is 4.81. The summed E-state index contributed by atoms with van der Waals surface area (Å²) in [5, 5.41) is 9.38. The fraction of sp³-hybridized carbons (Fsp3) is 0.111. The molecule has 1 nitrogen and oxygen atoms in total. The Morgan fingerprint density at radius 1 is 0.533 bits per heavy atom. The summed E-state index contributed by atoms with van der Waals surface area (Å²) in [6.45, 7) is 5.99. The summed E-state index contributed by atoms with van der Waals surface area (Å²) >= 11 is 0. The van der Waals surface area contributed by atoms with Gasteiger partial charge in [0, 0.05) is 11.1 Å². The number of halogens is 2. The molecule has 4 rings (SSSR count). The monoisotopic (exact) mass is 402 g/mol. The highest BCUT2D eigenvalue weighted by Crippen LogP contribution is 2.31. The summed E-state index contributed by atoms with van der Waals surface area (Å²) in [4.78, 5) is 0. The van der Waals surface area contributed by atoms with E-state index in [9.17, 15) is 13.9 Å². The van der Waals surface area contributed by atoms with Crippen molar-refractivity contribution in [3.63, 3.8) is 0 Å². The smallest absolute Gasteiger partial charge is 0.131 e. The number of aryl methyl sites for hydroxylation is 1. The summed E-state index contributed by atoms with van der Waals surface area (Å²) in [7, 11) is 0. The largest absolute Gasteiger partial charge is 0.508 e. The van der Waals surface area contributed by atoms with Gasteiger partial charge in [0.2, 0.25) is 0 Å². The predicted molar refractivity (Wildman–Crippen MR) is 120 cm³/mol. The lowest BCUT2D eigenvalue weighted by molar-refractivity contribution is 0.475. The Balaban J connectivity index is 0.00000124. The van der Waals surface area contributed by atoms with Gasteiger partial charge in [-0.15, -0.1) is 0 Å². The van der Waals surface area contributed by atoms with E-state index in [4.69, 9.17) is 0 Å². The summed E-state index contributed by atoms with van der Waals surface area (Å²) in [5.74, 6) is -0.611. The zero-order chi connectivity index (χ0) is 21.7. The van der Waals surface area contributed by atoms with Crippen molar-refractivity contribution in [1.82, 2.24) is 0 Å². The Bertz CT molecular complexity index is 1040. The van der Waals surface area contributed by atoms with E-state index >= 15 is 0 Å². The van der Waals surface area contributed by atoms with Crippen LogP contribution < -0.4 is 0 Å². The maximum atomic E-state index is 14.7.